The molecule has 0 spiro atoms. The Hall–Kier alpha value is 0.648. The molecule has 0 aromatic carbocycles. The van der Waals surface area contributed by atoms with Crippen LogP contribution >= 0.6 is 0 Å². The van der Waals surface area contributed by atoms with Gasteiger partial charge < -0.3 is 11.7 Å². The first-order valence-electron chi connectivity index (χ1n) is 1.84. The molecule has 1 atom stereocenters. The van der Waals surface area contributed by atoms with Gasteiger partial charge in [-0.1, -0.05) is 0 Å². The quantitative estimate of drug-likeness (QED) is 0.494. The fraction of sp³-hybridized carbons (Fsp3) is 0.750. The van der Waals surface area contributed by atoms with E-state index < -0.39 is 0 Å². The molecule has 1 unspecified atom stereocenters. The van der Waals surface area contributed by atoms with E-state index in [0.717, 1.165) is 13.0 Å². The summed E-state index contributed by atoms with van der Waals surface area (Å²) in [5.74, 6) is 0. The van der Waals surface area contributed by atoms with Gasteiger partial charge >= 0.3 is 0 Å². The fourth-order valence-electron chi connectivity index (χ4n) is 0.235. The Morgan fingerprint density at radius 3 is 2.33 bits per heavy atom. The van der Waals surface area contributed by atoms with Gasteiger partial charge in [0.1, 0.15) is 0 Å². The van der Waals surface area contributed by atoms with Gasteiger partial charge in [0.25, 0.3) is 0 Å². The van der Waals surface area contributed by atoms with E-state index >= 15 is 0 Å². The van der Waals surface area contributed by atoms with Gasteiger partial charge in [0.05, 0.1) is 12.7 Å². The van der Waals surface area contributed by atoms with Crippen LogP contribution in [-0.2, 0) is 25.8 Å². The summed E-state index contributed by atoms with van der Waals surface area (Å²) < 4.78 is 4.80. The fourth-order valence-corrected chi connectivity index (χ4v) is 0.235. The molecular weight excluding hydrogens is 248 g/mol. The Labute approximate surface area is 52.3 Å². The van der Waals surface area contributed by atoms with Gasteiger partial charge in [0.2, 0.25) is 0 Å². The molecule has 0 aromatic heterocycles. The largest absolute Gasteiger partial charge is 0.376 e. The Balaban J connectivity index is 0.000000250. The molecule has 0 radical (unpaired) electrons. The van der Waals surface area contributed by atoms with Crippen LogP contribution in [0.25, 0.3) is 0 Å². The minimum absolute atomic E-state index is 0. The normalized spacial score (nSPS) is 28.5. The predicted molar refractivity (Wildman–Crippen MR) is 19.7 cm³/mol. The monoisotopic (exact) mass is 255 g/mol. The first kappa shape index (κ1) is 6.65. The molecule has 0 aromatic rings. The molecule has 1 fully saturated rings. The molecule has 6 heavy (non-hydrogen) atoms. The number of ether oxygens (including phenoxy) is 1. The second-order valence-corrected chi connectivity index (χ2v) is 1.24. The smallest absolute Gasteiger partial charge is 0.0707 e. The molecular formula is C4H7OW-. The first-order chi connectivity index (χ1) is 2.43. The Morgan fingerprint density at radius 1 is 1.83 bits per heavy atom. The van der Waals surface area contributed by atoms with Crippen molar-refractivity contribution in [1.82, 2.24) is 0 Å². The molecule has 0 N–H and O–H groups in total. The minimum Gasteiger partial charge on any atom is -0.376 e. The number of epoxide rings is 1. The van der Waals surface area contributed by atoms with Gasteiger partial charge in [0, 0.05) is 21.1 Å². The molecule has 1 heterocycles. The summed E-state index contributed by atoms with van der Waals surface area (Å²) in [5.41, 5.74) is 0. The van der Waals surface area contributed by atoms with Crippen LogP contribution in [0.15, 0.2) is 0 Å². The van der Waals surface area contributed by atoms with Crippen LogP contribution in [0, 0.1) is 6.92 Å². The van der Waals surface area contributed by atoms with E-state index in [4.69, 9.17) is 4.74 Å². The van der Waals surface area contributed by atoms with Crippen LogP contribution < -0.4 is 0 Å². The molecule has 1 nitrogen and oxygen atoms in total. The standard InChI is InChI=1S/C4H7O.W/c1-2-4-3-5-4;/h4H,1-3H2;/q-1;. The summed E-state index contributed by atoms with van der Waals surface area (Å²) in [4.78, 5) is 0. The second kappa shape index (κ2) is 2.76. The van der Waals surface area contributed by atoms with Crippen molar-refractivity contribution in [2.24, 2.45) is 0 Å². The van der Waals surface area contributed by atoms with E-state index in [9.17, 15) is 0 Å². The van der Waals surface area contributed by atoms with E-state index in [0.29, 0.717) is 6.10 Å². The van der Waals surface area contributed by atoms with Crippen LogP contribution in [-0.4, -0.2) is 12.7 Å². The maximum Gasteiger partial charge on any atom is 0.0707 e. The van der Waals surface area contributed by atoms with Crippen LogP contribution in [0.5, 0.6) is 0 Å². The zero-order valence-electron chi connectivity index (χ0n) is 3.52. The van der Waals surface area contributed by atoms with E-state index in [2.05, 4.69) is 6.92 Å². The van der Waals surface area contributed by atoms with E-state index in [1.807, 2.05) is 0 Å². The van der Waals surface area contributed by atoms with Crippen molar-refractivity contribution < 1.29 is 25.8 Å². The van der Waals surface area contributed by atoms with Crippen LogP contribution in [0.4, 0.5) is 0 Å². The molecule has 0 bridgehead atoms. The van der Waals surface area contributed by atoms with Crippen molar-refractivity contribution in [3.8, 4) is 0 Å². The summed E-state index contributed by atoms with van der Waals surface area (Å²) in [6.45, 7) is 4.57. The third kappa shape index (κ3) is 1.94. The number of hydrogen-bond donors (Lipinski definition) is 0. The Kier molecular flexibility index (Phi) is 3.06. The number of hydrogen-bond acceptors (Lipinski definition) is 1. The van der Waals surface area contributed by atoms with Gasteiger partial charge in [-0.25, -0.2) is 0 Å². The zero-order chi connectivity index (χ0) is 3.70. The van der Waals surface area contributed by atoms with E-state index in [1.165, 1.54) is 0 Å². The predicted octanol–water partition coefficient (Wildman–Crippen LogP) is 0.607. The zero-order valence-corrected chi connectivity index (χ0v) is 6.45. The second-order valence-electron chi connectivity index (χ2n) is 1.24. The van der Waals surface area contributed by atoms with Gasteiger partial charge in [-0.2, -0.15) is 6.42 Å². The van der Waals surface area contributed by atoms with Crippen LogP contribution in [0.2, 0.25) is 0 Å². The van der Waals surface area contributed by atoms with Crippen LogP contribution in [0.3, 0.4) is 0 Å². The van der Waals surface area contributed by atoms with E-state index in [1.54, 1.807) is 0 Å². The first-order valence-corrected chi connectivity index (χ1v) is 1.84. The summed E-state index contributed by atoms with van der Waals surface area (Å²) in [6.07, 6.45) is 1.47. The number of rotatable bonds is 1. The Morgan fingerprint density at radius 2 is 2.33 bits per heavy atom. The molecule has 1 aliphatic heterocycles. The molecule has 1 aliphatic rings. The average molecular weight is 255 g/mol. The van der Waals surface area contributed by atoms with Gasteiger partial charge in [0.15, 0.2) is 0 Å². The van der Waals surface area contributed by atoms with E-state index in [-0.39, 0.29) is 21.1 Å². The third-order valence-electron chi connectivity index (χ3n) is 0.724. The van der Waals surface area contributed by atoms with Gasteiger partial charge in [-0.15, -0.1) is 0 Å². The SMILES string of the molecule is [CH2-]CC1CO1.[W]. The topological polar surface area (TPSA) is 12.5 Å². The minimum atomic E-state index is 0. The molecule has 1 rings (SSSR count). The average Bonchev–Trinajstić information content (AvgIpc) is 2.12. The summed E-state index contributed by atoms with van der Waals surface area (Å²) in [7, 11) is 0. The van der Waals surface area contributed by atoms with Gasteiger partial charge in [-0.3, -0.25) is 0 Å². The van der Waals surface area contributed by atoms with Crippen molar-refractivity contribution in [2.75, 3.05) is 6.61 Å². The molecule has 1 saturated heterocycles. The molecule has 2 heteroatoms. The maximum absolute atomic E-state index is 4.80. The molecule has 0 saturated carbocycles. The van der Waals surface area contributed by atoms with Crippen molar-refractivity contribution in [2.45, 2.75) is 12.5 Å². The molecule has 0 aliphatic carbocycles. The van der Waals surface area contributed by atoms with Crippen molar-refractivity contribution >= 4 is 0 Å². The third-order valence-corrected chi connectivity index (χ3v) is 0.724. The van der Waals surface area contributed by atoms with Crippen molar-refractivity contribution in [1.29, 1.82) is 0 Å². The van der Waals surface area contributed by atoms with Crippen LogP contribution in [0.1, 0.15) is 6.42 Å². The van der Waals surface area contributed by atoms with Crippen molar-refractivity contribution in [3.05, 3.63) is 6.92 Å². The molecule has 36 valence electrons. The van der Waals surface area contributed by atoms with Gasteiger partial charge in [-0.05, 0) is 0 Å². The summed E-state index contributed by atoms with van der Waals surface area (Å²) >= 11 is 0. The van der Waals surface area contributed by atoms with Crippen molar-refractivity contribution in [3.63, 3.8) is 0 Å². The molecule has 0 amide bonds. The maximum atomic E-state index is 4.80. The summed E-state index contributed by atoms with van der Waals surface area (Å²) in [5, 5.41) is 0. The summed E-state index contributed by atoms with van der Waals surface area (Å²) in [6, 6.07) is 0. The Bertz CT molecular complexity index is 34.5.